The molecule has 4 rings (SSSR count). The van der Waals surface area contributed by atoms with Gasteiger partial charge in [-0.05, 0) is 47.5 Å². The lowest BCUT2D eigenvalue weighted by atomic mass is 10.1. The van der Waals surface area contributed by atoms with Crippen molar-refractivity contribution in [3.8, 4) is 22.6 Å². The highest BCUT2D eigenvalue weighted by molar-refractivity contribution is 5.78. The summed E-state index contributed by atoms with van der Waals surface area (Å²) in [6.07, 6.45) is 0. The zero-order valence-electron chi connectivity index (χ0n) is 17.2. The minimum absolute atomic E-state index is 0.0246. The van der Waals surface area contributed by atoms with Crippen molar-refractivity contribution in [3.63, 3.8) is 0 Å². The largest absolute Gasteiger partial charge is 0.497 e. The predicted molar refractivity (Wildman–Crippen MR) is 119 cm³/mol. The van der Waals surface area contributed by atoms with Crippen LogP contribution in [-0.2, 0) is 4.79 Å². The monoisotopic (exact) mass is 402 g/mol. The maximum Gasteiger partial charge on any atom is 0.260 e. The molecule has 1 aliphatic heterocycles. The Balaban J connectivity index is 1.26. The third-order valence-electron chi connectivity index (χ3n) is 5.39. The average Bonchev–Trinajstić information content (AvgIpc) is 2.83. The first kappa shape index (κ1) is 19.8. The van der Waals surface area contributed by atoms with Crippen LogP contribution in [0, 0.1) is 0 Å². The highest BCUT2D eigenvalue weighted by atomic mass is 16.5. The summed E-state index contributed by atoms with van der Waals surface area (Å²) in [6, 6.07) is 26.1. The fourth-order valence-electron chi connectivity index (χ4n) is 3.62. The van der Waals surface area contributed by atoms with Crippen LogP contribution in [0.4, 0.5) is 5.69 Å². The molecule has 154 valence electrons. The number of piperazine rings is 1. The van der Waals surface area contributed by atoms with E-state index in [9.17, 15) is 4.79 Å². The molecule has 30 heavy (non-hydrogen) atoms. The van der Waals surface area contributed by atoms with Crippen LogP contribution in [0.5, 0.6) is 11.5 Å². The summed E-state index contributed by atoms with van der Waals surface area (Å²) in [4.78, 5) is 16.7. The van der Waals surface area contributed by atoms with Crippen molar-refractivity contribution in [2.24, 2.45) is 0 Å². The molecule has 0 radical (unpaired) electrons. The zero-order valence-corrected chi connectivity index (χ0v) is 17.2. The number of hydrogen-bond donors (Lipinski definition) is 0. The number of benzene rings is 3. The highest BCUT2D eigenvalue weighted by Gasteiger charge is 2.21. The summed E-state index contributed by atoms with van der Waals surface area (Å²) in [6.45, 7) is 3.07. The third kappa shape index (κ3) is 4.74. The second-order valence-electron chi connectivity index (χ2n) is 7.24. The van der Waals surface area contributed by atoms with E-state index in [1.54, 1.807) is 7.11 Å². The Kier molecular flexibility index (Phi) is 6.18. The molecule has 5 nitrogen and oxygen atoms in total. The lowest BCUT2D eigenvalue weighted by molar-refractivity contribution is -0.133. The van der Waals surface area contributed by atoms with Gasteiger partial charge in [0.1, 0.15) is 11.5 Å². The van der Waals surface area contributed by atoms with Crippen molar-refractivity contribution in [2.75, 3.05) is 44.8 Å². The molecule has 1 amide bonds. The number of anilines is 1. The quantitative estimate of drug-likeness (QED) is 0.623. The van der Waals surface area contributed by atoms with Gasteiger partial charge in [-0.25, -0.2) is 0 Å². The Bertz CT molecular complexity index is 948. The SMILES string of the molecule is COc1ccc(N2CCN(C(=O)COc3ccc(-c4ccccc4)cc3)CC2)cc1. The molecule has 0 aromatic heterocycles. The Morgan fingerprint density at radius 1 is 0.767 bits per heavy atom. The number of carbonyl (C=O) groups excluding carboxylic acids is 1. The average molecular weight is 402 g/mol. The fraction of sp³-hybridized carbons (Fsp3) is 0.240. The summed E-state index contributed by atoms with van der Waals surface area (Å²) < 4.78 is 10.9. The molecule has 3 aromatic carbocycles. The third-order valence-corrected chi connectivity index (χ3v) is 5.39. The molecule has 5 heteroatoms. The number of nitrogens with zero attached hydrogens (tertiary/aromatic N) is 2. The maximum atomic E-state index is 12.6. The molecule has 0 aliphatic carbocycles. The molecular weight excluding hydrogens is 376 g/mol. The molecule has 3 aromatic rings. The van der Waals surface area contributed by atoms with Gasteiger partial charge in [-0.15, -0.1) is 0 Å². The molecule has 0 unspecified atom stereocenters. The smallest absolute Gasteiger partial charge is 0.260 e. The van der Waals surface area contributed by atoms with E-state index in [4.69, 9.17) is 9.47 Å². The van der Waals surface area contributed by atoms with E-state index >= 15 is 0 Å². The molecule has 0 bridgehead atoms. The van der Waals surface area contributed by atoms with E-state index in [0.29, 0.717) is 18.8 Å². The van der Waals surface area contributed by atoms with Gasteiger partial charge in [-0.3, -0.25) is 4.79 Å². The molecule has 0 spiro atoms. The minimum Gasteiger partial charge on any atom is -0.497 e. The van der Waals surface area contributed by atoms with Crippen molar-refractivity contribution >= 4 is 11.6 Å². The lowest BCUT2D eigenvalue weighted by Crippen LogP contribution is -2.50. The molecule has 0 N–H and O–H groups in total. The number of carbonyl (C=O) groups is 1. The van der Waals surface area contributed by atoms with E-state index < -0.39 is 0 Å². The first-order valence-corrected chi connectivity index (χ1v) is 10.2. The van der Waals surface area contributed by atoms with Crippen LogP contribution in [0.2, 0.25) is 0 Å². The second kappa shape index (κ2) is 9.35. The first-order chi connectivity index (χ1) is 14.7. The van der Waals surface area contributed by atoms with Gasteiger partial charge in [0.25, 0.3) is 5.91 Å². The molecule has 0 atom stereocenters. The first-order valence-electron chi connectivity index (χ1n) is 10.2. The van der Waals surface area contributed by atoms with Crippen molar-refractivity contribution in [1.29, 1.82) is 0 Å². The normalized spacial score (nSPS) is 13.8. The molecule has 1 heterocycles. The van der Waals surface area contributed by atoms with E-state index in [0.717, 1.165) is 35.7 Å². The van der Waals surface area contributed by atoms with Gasteiger partial charge in [-0.2, -0.15) is 0 Å². The molecule has 1 aliphatic rings. The van der Waals surface area contributed by atoms with E-state index in [-0.39, 0.29) is 12.5 Å². The highest BCUT2D eigenvalue weighted by Crippen LogP contribution is 2.23. The number of hydrogen-bond acceptors (Lipinski definition) is 4. The van der Waals surface area contributed by atoms with Crippen LogP contribution in [-0.4, -0.2) is 50.7 Å². The zero-order chi connectivity index (χ0) is 20.8. The lowest BCUT2D eigenvalue weighted by Gasteiger charge is -2.36. The van der Waals surface area contributed by atoms with E-state index in [2.05, 4.69) is 29.2 Å². The van der Waals surface area contributed by atoms with Gasteiger partial charge in [0.15, 0.2) is 6.61 Å². The van der Waals surface area contributed by atoms with Crippen LogP contribution >= 0.6 is 0 Å². The van der Waals surface area contributed by atoms with Gasteiger partial charge in [0.05, 0.1) is 7.11 Å². The standard InChI is InChI=1S/C25H26N2O3/c1-29-23-13-9-22(10-14-23)26-15-17-27(18-16-26)25(28)19-30-24-11-7-21(8-12-24)20-5-3-2-4-6-20/h2-14H,15-19H2,1H3. The van der Waals surface area contributed by atoms with Crippen LogP contribution < -0.4 is 14.4 Å². The van der Waals surface area contributed by atoms with Gasteiger partial charge < -0.3 is 19.3 Å². The summed E-state index contributed by atoms with van der Waals surface area (Å²) in [7, 11) is 1.67. The number of methoxy groups -OCH3 is 1. The summed E-state index contributed by atoms with van der Waals surface area (Å²) in [5, 5.41) is 0. The molecule has 0 saturated carbocycles. The van der Waals surface area contributed by atoms with Gasteiger partial charge in [0.2, 0.25) is 0 Å². The van der Waals surface area contributed by atoms with Crippen LogP contribution in [0.25, 0.3) is 11.1 Å². The predicted octanol–water partition coefficient (Wildman–Crippen LogP) is 4.09. The Hall–Kier alpha value is -3.47. The van der Waals surface area contributed by atoms with Gasteiger partial charge in [-0.1, -0.05) is 42.5 Å². The summed E-state index contributed by atoms with van der Waals surface area (Å²) >= 11 is 0. The van der Waals surface area contributed by atoms with Crippen molar-refractivity contribution < 1.29 is 14.3 Å². The topological polar surface area (TPSA) is 42.0 Å². The molecule has 1 saturated heterocycles. The number of amides is 1. The Labute approximate surface area is 177 Å². The summed E-state index contributed by atoms with van der Waals surface area (Å²) in [5.74, 6) is 1.58. The van der Waals surface area contributed by atoms with Crippen LogP contribution in [0.15, 0.2) is 78.9 Å². The van der Waals surface area contributed by atoms with Crippen LogP contribution in [0.3, 0.4) is 0 Å². The van der Waals surface area contributed by atoms with Gasteiger partial charge >= 0.3 is 0 Å². The summed E-state index contributed by atoms with van der Waals surface area (Å²) in [5.41, 5.74) is 3.44. The maximum absolute atomic E-state index is 12.6. The van der Waals surface area contributed by atoms with E-state index in [1.807, 2.05) is 59.5 Å². The van der Waals surface area contributed by atoms with Crippen molar-refractivity contribution in [1.82, 2.24) is 4.90 Å². The van der Waals surface area contributed by atoms with E-state index in [1.165, 1.54) is 0 Å². The Morgan fingerprint density at radius 3 is 2.00 bits per heavy atom. The van der Waals surface area contributed by atoms with Crippen LogP contribution in [0.1, 0.15) is 0 Å². The molecule has 1 fully saturated rings. The van der Waals surface area contributed by atoms with Crippen molar-refractivity contribution in [3.05, 3.63) is 78.9 Å². The number of ether oxygens (including phenoxy) is 2. The van der Waals surface area contributed by atoms with Crippen molar-refractivity contribution in [2.45, 2.75) is 0 Å². The Morgan fingerprint density at radius 2 is 1.37 bits per heavy atom. The van der Waals surface area contributed by atoms with Gasteiger partial charge in [0, 0.05) is 31.9 Å². The fourth-order valence-corrected chi connectivity index (χ4v) is 3.62. The second-order valence-corrected chi connectivity index (χ2v) is 7.24. The minimum atomic E-state index is 0.0246. The number of rotatable bonds is 6. The molecular formula is C25H26N2O3.